The molecule has 114 valence electrons. The van der Waals surface area contributed by atoms with Gasteiger partial charge >= 0.3 is 0 Å². The van der Waals surface area contributed by atoms with Gasteiger partial charge < -0.3 is 10.6 Å². The molecule has 0 bridgehead atoms. The van der Waals surface area contributed by atoms with Gasteiger partial charge in [0, 0.05) is 18.3 Å². The molecule has 3 nitrogen and oxygen atoms in total. The molecule has 0 aliphatic heterocycles. The van der Waals surface area contributed by atoms with Gasteiger partial charge in [-0.1, -0.05) is 31.4 Å². The molecule has 0 spiro atoms. The molecule has 0 heterocycles. The van der Waals surface area contributed by atoms with Gasteiger partial charge in [0.1, 0.15) is 0 Å². The molecule has 2 N–H and O–H groups in total. The van der Waals surface area contributed by atoms with E-state index in [1.54, 1.807) is 0 Å². The first-order valence-corrected chi connectivity index (χ1v) is 8.34. The van der Waals surface area contributed by atoms with Crippen molar-refractivity contribution in [2.24, 2.45) is 0 Å². The first-order valence-electron chi connectivity index (χ1n) is 8.34. The Labute approximate surface area is 127 Å². The van der Waals surface area contributed by atoms with E-state index in [0.29, 0.717) is 11.9 Å². The molecule has 0 atom stereocenters. The van der Waals surface area contributed by atoms with Gasteiger partial charge in [-0.05, 0) is 50.3 Å². The average molecular weight is 286 g/mol. The number of likely N-dealkylation sites (N-methyl/N-ethyl adjacent to an activating group) is 1. The summed E-state index contributed by atoms with van der Waals surface area (Å²) in [6.45, 7) is 2.95. The molecule has 1 aromatic carbocycles. The second-order valence-corrected chi connectivity index (χ2v) is 6.59. The van der Waals surface area contributed by atoms with Gasteiger partial charge in [-0.15, -0.1) is 0 Å². The van der Waals surface area contributed by atoms with Crippen molar-refractivity contribution in [3.05, 3.63) is 29.8 Å². The standard InChI is InChI=1S/C18H26N2O/c1-2-20(16-6-4-3-5-7-16)17(21)18(12-13-18)14-8-10-15(19)11-9-14/h8-11,16H,2-7,12-13,19H2,1H3. The summed E-state index contributed by atoms with van der Waals surface area (Å²) >= 11 is 0. The van der Waals surface area contributed by atoms with Gasteiger partial charge in [0.05, 0.1) is 5.41 Å². The quantitative estimate of drug-likeness (QED) is 0.861. The number of nitrogens with zero attached hydrogens (tertiary/aromatic N) is 1. The molecule has 2 saturated carbocycles. The van der Waals surface area contributed by atoms with Crippen LogP contribution in [0, 0.1) is 0 Å². The number of hydrogen-bond acceptors (Lipinski definition) is 2. The van der Waals surface area contributed by atoms with E-state index in [1.807, 2.05) is 24.3 Å². The summed E-state index contributed by atoms with van der Waals surface area (Å²) < 4.78 is 0. The highest BCUT2D eigenvalue weighted by atomic mass is 16.2. The Hall–Kier alpha value is -1.51. The summed E-state index contributed by atoms with van der Waals surface area (Å²) in [5.74, 6) is 0.349. The number of rotatable bonds is 4. The number of carbonyl (C=O) groups is 1. The molecule has 0 unspecified atom stereocenters. The number of benzene rings is 1. The van der Waals surface area contributed by atoms with Crippen molar-refractivity contribution in [1.29, 1.82) is 0 Å². The Bertz CT molecular complexity index is 498. The zero-order valence-electron chi connectivity index (χ0n) is 13.0. The zero-order valence-corrected chi connectivity index (χ0v) is 13.0. The molecular weight excluding hydrogens is 260 g/mol. The average Bonchev–Trinajstić information content (AvgIpc) is 3.31. The predicted molar refractivity (Wildman–Crippen MR) is 86.0 cm³/mol. The van der Waals surface area contributed by atoms with Crippen LogP contribution in [0.2, 0.25) is 0 Å². The van der Waals surface area contributed by atoms with E-state index < -0.39 is 0 Å². The highest BCUT2D eigenvalue weighted by Crippen LogP contribution is 2.50. The lowest BCUT2D eigenvalue weighted by atomic mass is 9.90. The van der Waals surface area contributed by atoms with E-state index in [9.17, 15) is 4.79 Å². The van der Waals surface area contributed by atoms with Gasteiger partial charge in [-0.2, -0.15) is 0 Å². The van der Waals surface area contributed by atoms with Crippen molar-refractivity contribution in [2.75, 3.05) is 12.3 Å². The van der Waals surface area contributed by atoms with Crippen LogP contribution in [0.3, 0.4) is 0 Å². The normalized spacial score (nSPS) is 21.0. The molecule has 3 rings (SSSR count). The molecule has 1 amide bonds. The first kappa shape index (κ1) is 14.4. The van der Waals surface area contributed by atoms with Crippen molar-refractivity contribution in [3.63, 3.8) is 0 Å². The van der Waals surface area contributed by atoms with Crippen molar-refractivity contribution >= 4 is 11.6 Å². The first-order chi connectivity index (χ1) is 10.2. The molecule has 0 aromatic heterocycles. The Morgan fingerprint density at radius 2 is 1.81 bits per heavy atom. The van der Waals surface area contributed by atoms with Crippen LogP contribution in [0.15, 0.2) is 24.3 Å². The Balaban J connectivity index is 1.80. The summed E-state index contributed by atoms with van der Waals surface area (Å²) in [6, 6.07) is 8.37. The second-order valence-electron chi connectivity index (χ2n) is 6.59. The van der Waals surface area contributed by atoms with Crippen LogP contribution >= 0.6 is 0 Å². The maximum atomic E-state index is 13.1. The van der Waals surface area contributed by atoms with Crippen molar-refractivity contribution in [3.8, 4) is 0 Å². The smallest absolute Gasteiger partial charge is 0.233 e. The third-order valence-corrected chi connectivity index (χ3v) is 5.24. The number of hydrogen-bond donors (Lipinski definition) is 1. The van der Waals surface area contributed by atoms with Crippen LogP contribution in [0.5, 0.6) is 0 Å². The van der Waals surface area contributed by atoms with E-state index in [-0.39, 0.29) is 5.41 Å². The SMILES string of the molecule is CCN(C(=O)C1(c2ccc(N)cc2)CC1)C1CCCCC1. The third kappa shape index (κ3) is 2.66. The highest BCUT2D eigenvalue weighted by Gasteiger charge is 2.53. The minimum Gasteiger partial charge on any atom is -0.399 e. The Kier molecular flexibility index (Phi) is 3.92. The molecule has 0 radical (unpaired) electrons. The van der Waals surface area contributed by atoms with Gasteiger partial charge in [0.25, 0.3) is 0 Å². The summed E-state index contributed by atoms with van der Waals surface area (Å²) in [4.78, 5) is 15.3. The highest BCUT2D eigenvalue weighted by molar-refractivity contribution is 5.91. The van der Waals surface area contributed by atoms with Gasteiger partial charge in [-0.3, -0.25) is 4.79 Å². The fourth-order valence-electron chi connectivity index (χ4n) is 3.79. The molecule has 2 aliphatic carbocycles. The predicted octanol–water partition coefficient (Wildman–Crippen LogP) is 3.48. The molecule has 1 aromatic rings. The summed E-state index contributed by atoms with van der Waals surface area (Å²) in [5, 5.41) is 0. The van der Waals surface area contributed by atoms with Crippen LogP contribution < -0.4 is 5.73 Å². The minimum atomic E-state index is -0.249. The van der Waals surface area contributed by atoms with Crippen molar-refractivity contribution in [2.45, 2.75) is 63.3 Å². The van der Waals surface area contributed by atoms with Crippen molar-refractivity contribution in [1.82, 2.24) is 4.90 Å². The van der Waals surface area contributed by atoms with E-state index in [2.05, 4.69) is 11.8 Å². The van der Waals surface area contributed by atoms with Crippen LogP contribution in [0.25, 0.3) is 0 Å². The number of nitrogens with two attached hydrogens (primary N) is 1. The molecule has 21 heavy (non-hydrogen) atoms. The minimum absolute atomic E-state index is 0.249. The molecule has 2 fully saturated rings. The number of anilines is 1. The fraction of sp³-hybridized carbons (Fsp3) is 0.611. The Morgan fingerprint density at radius 1 is 1.19 bits per heavy atom. The van der Waals surface area contributed by atoms with Crippen LogP contribution in [0.4, 0.5) is 5.69 Å². The summed E-state index contributed by atoms with van der Waals surface area (Å²) in [5.41, 5.74) is 7.44. The lowest BCUT2D eigenvalue weighted by Crippen LogP contribution is -2.46. The maximum absolute atomic E-state index is 13.1. The van der Waals surface area contributed by atoms with Gasteiger partial charge in [0.2, 0.25) is 5.91 Å². The summed E-state index contributed by atoms with van der Waals surface area (Å²) in [6.07, 6.45) is 8.19. The molecule has 0 saturated heterocycles. The molecular formula is C18H26N2O. The third-order valence-electron chi connectivity index (χ3n) is 5.24. The molecule has 2 aliphatic rings. The lowest BCUT2D eigenvalue weighted by molar-refractivity contribution is -0.136. The van der Waals surface area contributed by atoms with E-state index in [0.717, 1.165) is 30.6 Å². The lowest BCUT2D eigenvalue weighted by Gasteiger charge is -2.36. The van der Waals surface area contributed by atoms with E-state index in [4.69, 9.17) is 5.73 Å². The van der Waals surface area contributed by atoms with E-state index >= 15 is 0 Å². The Morgan fingerprint density at radius 3 is 2.33 bits per heavy atom. The van der Waals surface area contributed by atoms with Gasteiger partial charge in [0.15, 0.2) is 0 Å². The maximum Gasteiger partial charge on any atom is 0.233 e. The zero-order chi connectivity index (χ0) is 14.9. The largest absolute Gasteiger partial charge is 0.399 e. The summed E-state index contributed by atoms with van der Waals surface area (Å²) in [7, 11) is 0. The van der Waals surface area contributed by atoms with Crippen molar-refractivity contribution < 1.29 is 4.79 Å². The topological polar surface area (TPSA) is 46.3 Å². The number of carbonyl (C=O) groups excluding carboxylic acids is 1. The van der Waals surface area contributed by atoms with Gasteiger partial charge in [-0.25, -0.2) is 0 Å². The second kappa shape index (κ2) is 5.70. The monoisotopic (exact) mass is 286 g/mol. The van der Waals surface area contributed by atoms with Crippen LogP contribution in [-0.2, 0) is 10.2 Å². The van der Waals surface area contributed by atoms with Crippen LogP contribution in [0.1, 0.15) is 57.4 Å². The van der Waals surface area contributed by atoms with Crippen LogP contribution in [-0.4, -0.2) is 23.4 Å². The molecule has 3 heteroatoms. The van der Waals surface area contributed by atoms with E-state index in [1.165, 1.54) is 32.1 Å². The fourth-order valence-corrected chi connectivity index (χ4v) is 3.79. The number of nitrogen functional groups attached to an aromatic ring is 1. The number of amides is 1.